The van der Waals surface area contributed by atoms with Gasteiger partial charge in [-0.2, -0.15) is 0 Å². The molecule has 4 heteroatoms. The predicted molar refractivity (Wildman–Crippen MR) is 75.5 cm³/mol. The summed E-state index contributed by atoms with van der Waals surface area (Å²) < 4.78 is 5.20. The van der Waals surface area contributed by atoms with Crippen LogP contribution in [0.15, 0.2) is 36.5 Å². The Morgan fingerprint density at radius 3 is 2.53 bits per heavy atom. The third-order valence-electron chi connectivity index (χ3n) is 2.88. The second kappa shape index (κ2) is 5.93. The van der Waals surface area contributed by atoms with Crippen molar-refractivity contribution in [2.75, 3.05) is 0 Å². The van der Waals surface area contributed by atoms with Crippen molar-refractivity contribution in [2.45, 2.75) is 26.4 Å². The Hall–Kier alpha value is -1.74. The molecule has 1 aromatic heterocycles. The van der Waals surface area contributed by atoms with Crippen LogP contribution in [-0.2, 0) is 11.3 Å². The van der Waals surface area contributed by atoms with Gasteiger partial charge in [-0.25, -0.2) is 4.79 Å². The molecule has 0 spiro atoms. The lowest BCUT2D eigenvalue weighted by molar-refractivity contribution is 0.0466. The van der Waals surface area contributed by atoms with E-state index in [1.807, 2.05) is 12.1 Å². The highest BCUT2D eigenvalue weighted by molar-refractivity contribution is 6.30. The lowest BCUT2D eigenvalue weighted by Crippen LogP contribution is -2.05. The molecule has 0 aliphatic carbocycles. The number of carbonyl (C=O) groups is 1. The summed E-state index contributed by atoms with van der Waals surface area (Å²) in [6.07, 6.45) is 1.55. The van der Waals surface area contributed by atoms with Crippen LogP contribution in [0.4, 0.5) is 0 Å². The monoisotopic (exact) mass is 277 g/mol. The van der Waals surface area contributed by atoms with Gasteiger partial charge in [0.1, 0.15) is 12.3 Å². The Bertz CT molecular complexity index is 558. The topological polar surface area (TPSA) is 42.1 Å². The number of nitrogens with one attached hydrogen (secondary N) is 1. The average molecular weight is 278 g/mol. The maximum absolute atomic E-state index is 11.7. The second-order valence-corrected chi connectivity index (χ2v) is 5.14. The van der Waals surface area contributed by atoms with Gasteiger partial charge in [-0.15, -0.1) is 0 Å². The minimum absolute atomic E-state index is 0.258. The molecule has 0 fully saturated rings. The Morgan fingerprint density at radius 2 is 2.00 bits per heavy atom. The van der Waals surface area contributed by atoms with Crippen LogP contribution in [0.3, 0.4) is 0 Å². The van der Waals surface area contributed by atoms with E-state index in [0.717, 1.165) is 5.56 Å². The van der Waals surface area contributed by atoms with Crippen molar-refractivity contribution >= 4 is 17.6 Å². The number of H-pyrrole nitrogens is 1. The highest BCUT2D eigenvalue weighted by atomic mass is 35.5. The summed E-state index contributed by atoms with van der Waals surface area (Å²) in [5, 5.41) is 0.494. The van der Waals surface area contributed by atoms with Crippen LogP contribution in [0.1, 0.15) is 41.4 Å². The second-order valence-electron chi connectivity index (χ2n) is 4.70. The maximum Gasteiger partial charge on any atom is 0.355 e. The van der Waals surface area contributed by atoms with Crippen molar-refractivity contribution in [3.05, 3.63) is 58.4 Å². The number of aromatic nitrogens is 1. The molecule has 1 heterocycles. The van der Waals surface area contributed by atoms with Crippen molar-refractivity contribution in [2.24, 2.45) is 0 Å². The first-order valence-electron chi connectivity index (χ1n) is 6.16. The van der Waals surface area contributed by atoms with Crippen LogP contribution >= 0.6 is 11.6 Å². The summed E-state index contributed by atoms with van der Waals surface area (Å²) >= 11 is 5.73. The quantitative estimate of drug-likeness (QED) is 0.853. The number of benzene rings is 1. The fraction of sp³-hybridized carbons (Fsp3) is 0.267. The molecular weight excluding hydrogens is 262 g/mol. The van der Waals surface area contributed by atoms with E-state index in [1.165, 1.54) is 5.56 Å². The summed E-state index contributed by atoms with van der Waals surface area (Å²) in [5.41, 5.74) is 2.60. The van der Waals surface area contributed by atoms with Crippen LogP contribution in [0.2, 0.25) is 5.02 Å². The predicted octanol–water partition coefficient (Wildman–Crippen LogP) is 4.15. The molecule has 0 saturated carbocycles. The van der Waals surface area contributed by atoms with Gasteiger partial charge >= 0.3 is 5.97 Å². The maximum atomic E-state index is 11.7. The summed E-state index contributed by atoms with van der Waals surface area (Å²) in [6.45, 7) is 4.54. The molecule has 0 atom stereocenters. The normalized spacial score (nSPS) is 10.7. The molecule has 19 heavy (non-hydrogen) atoms. The number of ether oxygens (including phenoxy) is 1. The lowest BCUT2D eigenvalue weighted by Gasteiger charge is -2.07. The zero-order valence-corrected chi connectivity index (χ0v) is 11.7. The summed E-state index contributed by atoms with van der Waals surface area (Å²) in [6, 6.07) is 9.61. The van der Waals surface area contributed by atoms with Gasteiger partial charge < -0.3 is 9.72 Å². The highest BCUT2D eigenvalue weighted by Crippen LogP contribution is 2.16. The zero-order chi connectivity index (χ0) is 13.8. The molecule has 2 aromatic rings. The van der Waals surface area contributed by atoms with Crippen molar-refractivity contribution in [1.29, 1.82) is 0 Å². The molecule has 0 aliphatic heterocycles. The Labute approximate surface area is 117 Å². The minimum Gasteiger partial charge on any atom is -0.456 e. The van der Waals surface area contributed by atoms with Crippen molar-refractivity contribution in [1.82, 2.24) is 4.98 Å². The van der Waals surface area contributed by atoms with E-state index in [0.29, 0.717) is 16.6 Å². The number of rotatable bonds is 4. The fourth-order valence-electron chi connectivity index (χ4n) is 1.71. The number of hydrogen-bond donors (Lipinski definition) is 1. The largest absolute Gasteiger partial charge is 0.456 e. The first-order valence-corrected chi connectivity index (χ1v) is 6.54. The highest BCUT2D eigenvalue weighted by Gasteiger charge is 2.09. The Kier molecular flexibility index (Phi) is 4.27. The molecule has 0 radical (unpaired) electrons. The van der Waals surface area contributed by atoms with E-state index >= 15 is 0 Å². The van der Waals surface area contributed by atoms with E-state index in [9.17, 15) is 4.79 Å². The van der Waals surface area contributed by atoms with E-state index in [4.69, 9.17) is 16.3 Å². The molecule has 0 amide bonds. The van der Waals surface area contributed by atoms with Gasteiger partial charge in [0.2, 0.25) is 0 Å². The number of hydrogen-bond acceptors (Lipinski definition) is 2. The van der Waals surface area contributed by atoms with Crippen molar-refractivity contribution in [3.63, 3.8) is 0 Å². The number of carbonyl (C=O) groups excluding carboxylic acids is 1. The van der Waals surface area contributed by atoms with Crippen LogP contribution < -0.4 is 0 Å². The van der Waals surface area contributed by atoms with E-state index < -0.39 is 5.97 Å². The van der Waals surface area contributed by atoms with Crippen LogP contribution in [0, 0.1) is 0 Å². The zero-order valence-electron chi connectivity index (χ0n) is 10.9. The molecule has 100 valence electrons. The first-order chi connectivity index (χ1) is 9.06. The number of halogens is 1. The molecular formula is C15H16ClNO2. The van der Waals surface area contributed by atoms with Gasteiger partial charge in [0.05, 0.1) is 5.02 Å². The molecule has 2 rings (SSSR count). The smallest absolute Gasteiger partial charge is 0.355 e. The summed E-state index contributed by atoms with van der Waals surface area (Å²) in [4.78, 5) is 14.5. The standard InChI is InChI=1S/C15H16ClNO2/c1-10(2)12-5-3-11(4-6-12)9-19-15(18)14-7-13(16)8-17-14/h3-8,10,17H,9H2,1-2H3. The van der Waals surface area contributed by atoms with Crippen molar-refractivity contribution < 1.29 is 9.53 Å². The third-order valence-corrected chi connectivity index (χ3v) is 3.10. The van der Waals surface area contributed by atoms with Crippen LogP contribution in [0.25, 0.3) is 0 Å². The Balaban J connectivity index is 1.93. The van der Waals surface area contributed by atoms with Gasteiger partial charge in [-0.1, -0.05) is 49.7 Å². The number of aromatic amines is 1. The van der Waals surface area contributed by atoms with Gasteiger partial charge in [0.25, 0.3) is 0 Å². The van der Waals surface area contributed by atoms with Gasteiger partial charge in [-0.05, 0) is 23.1 Å². The summed E-state index contributed by atoms with van der Waals surface area (Å²) in [7, 11) is 0. The Morgan fingerprint density at radius 1 is 1.32 bits per heavy atom. The molecule has 0 bridgehead atoms. The molecule has 1 aromatic carbocycles. The fourth-order valence-corrected chi connectivity index (χ4v) is 1.87. The molecule has 0 unspecified atom stereocenters. The SMILES string of the molecule is CC(C)c1ccc(COC(=O)c2cc(Cl)c[nH]2)cc1. The van der Waals surface area contributed by atoms with E-state index in [-0.39, 0.29) is 6.61 Å². The minimum atomic E-state index is -0.403. The van der Waals surface area contributed by atoms with Crippen molar-refractivity contribution in [3.8, 4) is 0 Å². The van der Waals surface area contributed by atoms with E-state index in [2.05, 4.69) is 31.0 Å². The molecule has 0 saturated heterocycles. The summed E-state index contributed by atoms with van der Waals surface area (Å²) in [5.74, 6) is 0.0949. The first kappa shape index (κ1) is 13.7. The van der Waals surface area contributed by atoms with Gasteiger partial charge in [-0.3, -0.25) is 0 Å². The third kappa shape index (κ3) is 3.61. The van der Waals surface area contributed by atoms with Crippen LogP contribution in [-0.4, -0.2) is 11.0 Å². The average Bonchev–Trinajstić information content (AvgIpc) is 2.83. The van der Waals surface area contributed by atoms with E-state index in [1.54, 1.807) is 12.3 Å². The van der Waals surface area contributed by atoms with Crippen LogP contribution in [0.5, 0.6) is 0 Å². The molecule has 1 N–H and O–H groups in total. The van der Waals surface area contributed by atoms with Gasteiger partial charge in [0, 0.05) is 6.20 Å². The molecule has 0 aliphatic rings. The number of esters is 1. The van der Waals surface area contributed by atoms with Gasteiger partial charge in [0.15, 0.2) is 0 Å². The lowest BCUT2D eigenvalue weighted by atomic mass is 10.0. The molecule has 3 nitrogen and oxygen atoms in total.